The van der Waals surface area contributed by atoms with Gasteiger partial charge in [0.15, 0.2) is 0 Å². The number of nitrogens with zero attached hydrogens (tertiary/aromatic N) is 1. The molecule has 0 fully saturated rings. The summed E-state index contributed by atoms with van der Waals surface area (Å²) >= 11 is 0. The van der Waals surface area contributed by atoms with E-state index in [4.69, 9.17) is 0 Å². The third kappa shape index (κ3) is 5.80. The molecule has 1 atom stereocenters. The lowest BCUT2D eigenvalue weighted by Crippen LogP contribution is -2.36. The predicted molar refractivity (Wildman–Crippen MR) is 93.9 cm³/mol. The Hall–Kier alpha value is -0.860. The first kappa shape index (κ1) is 18.2. The summed E-state index contributed by atoms with van der Waals surface area (Å²) in [5, 5.41) is 3.47. The van der Waals surface area contributed by atoms with Crippen LogP contribution in [0.25, 0.3) is 0 Å². The van der Waals surface area contributed by atoms with Crippen LogP contribution >= 0.6 is 0 Å². The highest BCUT2D eigenvalue weighted by Gasteiger charge is 2.17. The van der Waals surface area contributed by atoms with Crippen molar-refractivity contribution in [3.05, 3.63) is 35.4 Å². The van der Waals surface area contributed by atoms with E-state index < -0.39 is 0 Å². The lowest BCUT2D eigenvalue weighted by Gasteiger charge is -2.28. The molecule has 0 saturated heterocycles. The van der Waals surface area contributed by atoms with Crippen LogP contribution in [-0.2, 0) is 5.41 Å². The molecule has 0 bridgehead atoms. The first-order chi connectivity index (χ1) is 9.77. The molecule has 0 aliphatic heterocycles. The minimum atomic E-state index is 0.223. The molecule has 0 saturated carbocycles. The number of likely N-dealkylation sites (N-methyl/N-ethyl adjacent to an activating group) is 2. The van der Waals surface area contributed by atoms with E-state index in [0.29, 0.717) is 12.0 Å². The second-order valence-electron chi connectivity index (χ2n) is 7.46. The zero-order valence-corrected chi connectivity index (χ0v) is 15.0. The summed E-state index contributed by atoms with van der Waals surface area (Å²) in [6.07, 6.45) is 0. The van der Waals surface area contributed by atoms with Crippen LogP contribution in [0.1, 0.15) is 58.7 Å². The molecule has 120 valence electrons. The molecule has 0 spiro atoms. The van der Waals surface area contributed by atoms with Crippen LogP contribution in [0.3, 0.4) is 0 Å². The predicted octanol–water partition coefficient (Wildman–Crippen LogP) is 4.22. The summed E-state index contributed by atoms with van der Waals surface area (Å²) < 4.78 is 0. The van der Waals surface area contributed by atoms with Crippen molar-refractivity contribution in [2.75, 3.05) is 26.7 Å². The van der Waals surface area contributed by atoms with Crippen molar-refractivity contribution in [3.8, 4) is 0 Å². The van der Waals surface area contributed by atoms with Gasteiger partial charge in [-0.3, -0.25) is 0 Å². The van der Waals surface area contributed by atoms with E-state index in [1.165, 1.54) is 11.1 Å². The molecule has 0 aliphatic rings. The Balaban J connectivity index is 2.80. The van der Waals surface area contributed by atoms with Crippen LogP contribution < -0.4 is 5.32 Å². The molecular formula is C19H34N2. The fraction of sp³-hybridized carbons (Fsp3) is 0.684. The van der Waals surface area contributed by atoms with Gasteiger partial charge in [0, 0.05) is 19.1 Å². The molecule has 1 aromatic rings. The number of hydrogen-bond acceptors (Lipinski definition) is 2. The number of rotatable bonds is 7. The van der Waals surface area contributed by atoms with Crippen molar-refractivity contribution in [1.29, 1.82) is 0 Å². The minimum absolute atomic E-state index is 0.223. The average molecular weight is 290 g/mol. The summed E-state index contributed by atoms with van der Waals surface area (Å²) in [6, 6.07) is 9.52. The Morgan fingerprint density at radius 2 is 1.62 bits per heavy atom. The monoisotopic (exact) mass is 290 g/mol. The molecule has 1 N–H and O–H groups in total. The molecule has 2 heteroatoms. The Morgan fingerprint density at radius 3 is 2.00 bits per heavy atom. The average Bonchev–Trinajstić information content (AvgIpc) is 2.42. The van der Waals surface area contributed by atoms with E-state index in [1.807, 2.05) is 0 Å². The number of nitrogens with one attached hydrogen (secondary N) is 1. The van der Waals surface area contributed by atoms with Crippen LogP contribution in [0.15, 0.2) is 24.3 Å². The van der Waals surface area contributed by atoms with E-state index in [-0.39, 0.29) is 5.41 Å². The molecule has 2 nitrogen and oxygen atoms in total. The van der Waals surface area contributed by atoms with Crippen LogP contribution in [0.2, 0.25) is 0 Å². The lowest BCUT2D eigenvalue weighted by molar-refractivity contribution is 0.232. The molecule has 0 heterocycles. The van der Waals surface area contributed by atoms with Gasteiger partial charge in [0.25, 0.3) is 0 Å². The highest BCUT2D eigenvalue weighted by atomic mass is 15.1. The summed E-state index contributed by atoms with van der Waals surface area (Å²) in [4.78, 5) is 2.53. The van der Waals surface area contributed by atoms with Crippen LogP contribution in [0, 0.1) is 5.92 Å². The summed E-state index contributed by atoms with van der Waals surface area (Å²) in [6.45, 7) is 16.9. The Labute approximate surface area is 131 Å². The minimum Gasteiger partial charge on any atom is -0.312 e. The second kappa shape index (κ2) is 7.95. The van der Waals surface area contributed by atoms with Gasteiger partial charge in [-0.15, -0.1) is 0 Å². The molecule has 0 radical (unpaired) electrons. The smallest absolute Gasteiger partial charge is 0.0446 e. The Morgan fingerprint density at radius 1 is 1.05 bits per heavy atom. The van der Waals surface area contributed by atoms with E-state index in [2.05, 4.69) is 83.1 Å². The third-order valence-electron chi connectivity index (χ3n) is 4.04. The molecular weight excluding hydrogens is 256 g/mol. The van der Waals surface area contributed by atoms with E-state index in [0.717, 1.165) is 19.6 Å². The third-order valence-corrected chi connectivity index (χ3v) is 4.04. The van der Waals surface area contributed by atoms with Crippen molar-refractivity contribution < 1.29 is 0 Å². The van der Waals surface area contributed by atoms with Crippen LogP contribution in [0.4, 0.5) is 0 Å². The van der Waals surface area contributed by atoms with E-state index in [9.17, 15) is 0 Å². The number of benzene rings is 1. The topological polar surface area (TPSA) is 15.3 Å². The summed E-state index contributed by atoms with van der Waals surface area (Å²) in [5.41, 5.74) is 3.00. The lowest BCUT2D eigenvalue weighted by atomic mass is 9.86. The molecule has 21 heavy (non-hydrogen) atoms. The molecule has 0 amide bonds. The normalized spacial score (nSPS) is 14.0. The SMILES string of the molecule is CCN(CC(C)C)CC(NC)c1ccc(C(C)(C)C)cc1. The van der Waals surface area contributed by atoms with Crippen molar-refractivity contribution in [1.82, 2.24) is 10.2 Å². The van der Waals surface area contributed by atoms with Crippen LogP contribution in [-0.4, -0.2) is 31.6 Å². The second-order valence-corrected chi connectivity index (χ2v) is 7.46. The fourth-order valence-electron chi connectivity index (χ4n) is 2.69. The molecule has 1 rings (SSSR count). The van der Waals surface area contributed by atoms with Gasteiger partial charge >= 0.3 is 0 Å². The largest absolute Gasteiger partial charge is 0.312 e. The van der Waals surface area contributed by atoms with Gasteiger partial charge in [-0.2, -0.15) is 0 Å². The van der Waals surface area contributed by atoms with Gasteiger partial charge in [-0.25, -0.2) is 0 Å². The highest BCUT2D eigenvalue weighted by molar-refractivity contribution is 5.29. The van der Waals surface area contributed by atoms with E-state index >= 15 is 0 Å². The quantitative estimate of drug-likeness (QED) is 0.808. The van der Waals surface area contributed by atoms with E-state index in [1.54, 1.807) is 0 Å². The first-order valence-corrected chi connectivity index (χ1v) is 8.28. The molecule has 0 aliphatic carbocycles. The molecule has 1 aromatic carbocycles. The van der Waals surface area contributed by atoms with Gasteiger partial charge in [0.1, 0.15) is 0 Å². The van der Waals surface area contributed by atoms with Gasteiger partial charge < -0.3 is 10.2 Å². The van der Waals surface area contributed by atoms with Crippen LogP contribution in [0.5, 0.6) is 0 Å². The van der Waals surface area contributed by atoms with Crippen molar-refractivity contribution in [2.24, 2.45) is 5.92 Å². The zero-order chi connectivity index (χ0) is 16.0. The molecule has 1 unspecified atom stereocenters. The van der Waals surface area contributed by atoms with Gasteiger partial charge in [-0.05, 0) is 36.1 Å². The first-order valence-electron chi connectivity index (χ1n) is 8.28. The maximum absolute atomic E-state index is 3.47. The van der Waals surface area contributed by atoms with Crippen molar-refractivity contribution in [2.45, 2.75) is 53.0 Å². The number of hydrogen-bond donors (Lipinski definition) is 1. The zero-order valence-electron chi connectivity index (χ0n) is 15.0. The highest BCUT2D eigenvalue weighted by Crippen LogP contribution is 2.24. The van der Waals surface area contributed by atoms with Gasteiger partial charge in [0.05, 0.1) is 0 Å². The maximum atomic E-state index is 3.47. The van der Waals surface area contributed by atoms with Gasteiger partial charge in [0.2, 0.25) is 0 Å². The molecule has 0 aromatic heterocycles. The Kier molecular flexibility index (Phi) is 6.89. The Bertz CT molecular complexity index is 401. The van der Waals surface area contributed by atoms with Crippen molar-refractivity contribution in [3.63, 3.8) is 0 Å². The summed E-state index contributed by atoms with van der Waals surface area (Å²) in [7, 11) is 2.06. The fourth-order valence-corrected chi connectivity index (χ4v) is 2.69. The standard InChI is InChI=1S/C19H34N2/c1-8-21(13-15(2)3)14-18(20-7)16-9-11-17(12-10-16)19(4,5)6/h9-12,15,18,20H,8,13-14H2,1-7H3. The van der Waals surface area contributed by atoms with Gasteiger partial charge in [-0.1, -0.05) is 65.8 Å². The maximum Gasteiger partial charge on any atom is 0.0446 e. The summed E-state index contributed by atoms with van der Waals surface area (Å²) in [5.74, 6) is 0.714. The van der Waals surface area contributed by atoms with Crippen molar-refractivity contribution >= 4 is 0 Å².